The second-order valence-corrected chi connectivity index (χ2v) is 9.81. The lowest BCUT2D eigenvalue weighted by Crippen LogP contribution is -2.37. The van der Waals surface area contributed by atoms with Gasteiger partial charge in [-0.05, 0) is 36.1 Å². The van der Waals surface area contributed by atoms with Crippen LogP contribution in [-0.4, -0.2) is 45.9 Å². The standard InChI is InChI=1S/C23H27N5OS2/c1-2-17-8-10-19(11-9-17)25-22-26-27-23(31-22)30-16-21(29)24-20-12-13-28(15-20)14-18-6-4-3-5-7-18/h3-11,20H,2,12-16H2,1H3,(H,24,29)(H,25,26). The number of amides is 1. The zero-order chi connectivity index (χ0) is 21.5. The molecule has 1 aliphatic rings. The molecule has 6 nitrogen and oxygen atoms in total. The number of aryl methyl sites for hydroxylation is 1. The molecular formula is C23H27N5OS2. The average Bonchev–Trinajstić information content (AvgIpc) is 3.43. The summed E-state index contributed by atoms with van der Waals surface area (Å²) in [5.41, 5.74) is 3.60. The highest BCUT2D eigenvalue weighted by Crippen LogP contribution is 2.27. The Morgan fingerprint density at radius 1 is 1.13 bits per heavy atom. The monoisotopic (exact) mass is 453 g/mol. The molecule has 2 aromatic carbocycles. The topological polar surface area (TPSA) is 70.1 Å². The third kappa shape index (κ3) is 6.53. The van der Waals surface area contributed by atoms with Crippen LogP contribution in [0.5, 0.6) is 0 Å². The highest BCUT2D eigenvalue weighted by atomic mass is 32.2. The summed E-state index contributed by atoms with van der Waals surface area (Å²) in [4.78, 5) is 14.8. The number of carbonyl (C=O) groups excluding carboxylic acids is 1. The Morgan fingerprint density at radius 3 is 2.71 bits per heavy atom. The number of rotatable bonds is 9. The zero-order valence-corrected chi connectivity index (χ0v) is 19.2. The molecule has 3 aromatic rings. The maximum Gasteiger partial charge on any atom is 0.230 e. The second kappa shape index (κ2) is 10.7. The van der Waals surface area contributed by atoms with Crippen LogP contribution < -0.4 is 10.6 Å². The molecule has 0 radical (unpaired) electrons. The van der Waals surface area contributed by atoms with E-state index in [-0.39, 0.29) is 11.9 Å². The Bertz CT molecular complexity index is 977. The van der Waals surface area contributed by atoms with Crippen LogP contribution >= 0.6 is 23.1 Å². The van der Waals surface area contributed by atoms with Crippen LogP contribution in [0.2, 0.25) is 0 Å². The molecule has 8 heteroatoms. The van der Waals surface area contributed by atoms with Crippen molar-refractivity contribution in [2.75, 3.05) is 24.2 Å². The summed E-state index contributed by atoms with van der Waals surface area (Å²) >= 11 is 2.90. The molecule has 162 valence electrons. The molecule has 2 heterocycles. The van der Waals surface area contributed by atoms with Crippen LogP contribution in [-0.2, 0) is 17.8 Å². The highest BCUT2D eigenvalue weighted by molar-refractivity contribution is 8.01. The number of hydrogen-bond acceptors (Lipinski definition) is 7. The number of likely N-dealkylation sites (tertiary alicyclic amines) is 1. The third-order valence-corrected chi connectivity index (χ3v) is 7.21. The van der Waals surface area contributed by atoms with Gasteiger partial charge in [0, 0.05) is 31.4 Å². The van der Waals surface area contributed by atoms with Crippen molar-refractivity contribution in [2.45, 2.75) is 36.7 Å². The van der Waals surface area contributed by atoms with Gasteiger partial charge in [-0.2, -0.15) is 0 Å². The summed E-state index contributed by atoms with van der Waals surface area (Å²) in [5.74, 6) is 0.408. The number of benzene rings is 2. The van der Waals surface area contributed by atoms with E-state index in [9.17, 15) is 4.79 Å². The van der Waals surface area contributed by atoms with Gasteiger partial charge in [-0.25, -0.2) is 0 Å². The van der Waals surface area contributed by atoms with E-state index in [0.29, 0.717) is 5.75 Å². The molecule has 0 aliphatic carbocycles. The van der Waals surface area contributed by atoms with Crippen molar-refractivity contribution in [1.29, 1.82) is 0 Å². The smallest absolute Gasteiger partial charge is 0.230 e. The van der Waals surface area contributed by atoms with E-state index in [1.807, 2.05) is 18.2 Å². The molecule has 1 saturated heterocycles. The fourth-order valence-electron chi connectivity index (χ4n) is 3.60. The second-order valence-electron chi connectivity index (χ2n) is 7.61. The molecule has 1 atom stereocenters. The lowest BCUT2D eigenvalue weighted by atomic mass is 10.1. The van der Waals surface area contributed by atoms with E-state index in [2.05, 4.69) is 69.1 Å². The first-order valence-electron chi connectivity index (χ1n) is 10.6. The van der Waals surface area contributed by atoms with Crippen molar-refractivity contribution in [3.63, 3.8) is 0 Å². The quantitative estimate of drug-likeness (QED) is 0.470. The molecule has 2 N–H and O–H groups in total. The molecule has 0 bridgehead atoms. The SMILES string of the molecule is CCc1ccc(Nc2nnc(SCC(=O)NC3CCN(Cc4ccccc4)C3)s2)cc1. The first kappa shape index (κ1) is 21.8. The predicted octanol–water partition coefficient (Wildman–Crippen LogP) is 4.33. The number of hydrogen-bond donors (Lipinski definition) is 2. The van der Waals surface area contributed by atoms with E-state index in [0.717, 1.165) is 47.6 Å². The van der Waals surface area contributed by atoms with Crippen LogP contribution in [0.3, 0.4) is 0 Å². The largest absolute Gasteiger partial charge is 0.351 e. The number of carbonyl (C=O) groups is 1. The number of thioether (sulfide) groups is 1. The van der Waals surface area contributed by atoms with Gasteiger partial charge in [-0.15, -0.1) is 10.2 Å². The first-order valence-corrected chi connectivity index (χ1v) is 12.4. The first-order chi connectivity index (χ1) is 15.2. The molecule has 31 heavy (non-hydrogen) atoms. The maximum absolute atomic E-state index is 12.4. The van der Waals surface area contributed by atoms with Gasteiger partial charge < -0.3 is 10.6 Å². The van der Waals surface area contributed by atoms with Crippen LogP contribution in [0.15, 0.2) is 58.9 Å². The van der Waals surface area contributed by atoms with Crippen molar-refractivity contribution in [3.05, 3.63) is 65.7 Å². The maximum atomic E-state index is 12.4. The Balaban J connectivity index is 1.19. The summed E-state index contributed by atoms with van der Waals surface area (Å²) in [5, 5.41) is 15.5. The van der Waals surface area contributed by atoms with Crippen molar-refractivity contribution in [2.24, 2.45) is 0 Å². The zero-order valence-electron chi connectivity index (χ0n) is 17.6. The fraction of sp³-hybridized carbons (Fsp3) is 0.348. The van der Waals surface area contributed by atoms with Gasteiger partial charge in [0.15, 0.2) is 4.34 Å². The predicted molar refractivity (Wildman–Crippen MR) is 128 cm³/mol. The van der Waals surface area contributed by atoms with E-state index in [4.69, 9.17) is 0 Å². The molecular weight excluding hydrogens is 426 g/mol. The summed E-state index contributed by atoms with van der Waals surface area (Å²) < 4.78 is 0.792. The number of nitrogens with one attached hydrogen (secondary N) is 2. The van der Waals surface area contributed by atoms with E-state index in [1.54, 1.807) is 0 Å². The van der Waals surface area contributed by atoms with Crippen LogP contribution in [0.1, 0.15) is 24.5 Å². The van der Waals surface area contributed by atoms with Gasteiger partial charge in [0.05, 0.1) is 5.75 Å². The van der Waals surface area contributed by atoms with Crippen LogP contribution in [0.25, 0.3) is 0 Å². The molecule has 1 fully saturated rings. The van der Waals surface area contributed by atoms with Crippen molar-refractivity contribution >= 4 is 39.8 Å². The Labute approximate surface area is 191 Å². The van der Waals surface area contributed by atoms with Gasteiger partial charge in [0.1, 0.15) is 0 Å². The number of aromatic nitrogens is 2. The van der Waals surface area contributed by atoms with E-state index in [1.165, 1.54) is 34.2 Å². The van der Waals surface area contributed by atoms with Gasteiger partial charge in [-0.3, -0.25) is 9.69 Å². The summed E-state index contributed by atoms with van der Waals surface area (Å²) in [7, 11) is 0. The normalized spacial score (nSPS) is 16.4. The summed E-state index contributed by atoms with van der Waals surface area (Å²) in [6.07, 6.45) is 2.01. The minimum absolute atomic E-state index is 0.0522. The van der Waals surface area contributed by atoms with Crippen molar-refractivity contribution in [1.82, 2.24) is 20.4 Å². The van der Waals surface area contributed by atoms with Crippen LogP contribution in [0, 0.1) is 0 Å². The van der Waals surface area contributed by atoms with Crippen molar-refractivity contribution < 1.29 is 4.79 Å². The number of anilines is 2. The summed E-state index contributed by atoms with van der Waals surface area (Å²) in [6, 6.07) is 19.0. The summed E-state index contributed by atoms with van der Waals surface area (Å²) in [6.45, 7) is 4.98. The average molecular weight is 454 g/mol. The van der Waals surface area contributed by atoms with Gasteiger partial charge in [0.25, 0.3) is 0 Å². The fourth-order valence-corrected chi connectivity index (χ4v) is 5.18. The minimum atomic E-state index is 0.0522. The Kier molecular flexibility index (Phi) is 7.56. The lowest BCUT2D eigenvalue weighted by Gasteiger charge is -2.16. The van der Waals surface area contributed by atoms with Crippen LogP contribution in [0.4, 0.5) is 10.8 Å². The molecule has 4 rings (SSSR count). The van der Waals surface area contributed by atoms with Gasteiger partial charge in [0.2, 0.25) is 11.0 Å². The number of nitrogens with zero attached hydrogens (tertiary/aromatic N) is 3. The molecule has 0 saturated carbocycles. The Morgan fingerprint density at radius 2 is 1.94 bits per heavy atom. The molecule has 1 unspecified atom stereocenters. The van der Waals surface area contributed by atoms with Gasteiger partial charge in [-0.1, -0.05) is 72.5 Å². The highest BCUT2D eigenvalue weighted by Gasteiger charge is 2.23. The lowest BCUT2D eigenvalue weighted by molar-refractivity contribution is -0.119. The molecule has 1 aromatic heterocycles. The minimum Gasteiger partial charge on any atom is -0.351 e. The van der Waals surface area contributed by atoms with E-state index >= 15 is 0 Å². The van der Waals surface area contributed by atoms with E-state index < -0.39 is 0 Å². The molecule has 1 amide bonds. The Hall–Kier alpha value is -2.42. The molecule has 1 aliphatic heterocycles. The van der Waals surface area contributed by atoms with Gasteiger partial charge >= 0.3 is 0 Å². The molecule has 0 spiro atoms. The third-order valence-electron chi connectivity index (χ3n) is 5.23. The van der Waals surface area contributed by atoms with Crippen molar-refractivity contribution in [3.8, 4) is 0 Å².